The summed E-state index contributed by atoms with van der Waals surface area (Å²) in [6, 6.07) is 0.427. The summed E-state index contributed by atoms with van der Waals surface area (Å²) in [5.74, 6) is -0.884. The second-order valence-electron chi connectivity index (χ2n) is 9.59. The van der Waals surface area contributed by atoms with E-state index in [2.05, 4.69) is 16.9 Å². The molecule has 0 bridgehead atoms. The van der Waals surface area contributed by atoms with Crippen LogP contribution in [-0.2, 0) is 19.1 Å². The van der Waals surface area contributed by atoms with Crippen LogP contribution in [-0.4, -0.2) is 53.1 Å². The highest BCUT2D eigenvalue weighted by Gasteiger charge is 2.49. The monoisotopic (exact) mass is 444 g/mol. The summed E-state index contributed by atoms with van der Waals surface area (Å²) in [7, 11) is 0. The van der Waals surface area contributed by atoms with Gasteiger partial charge < -0.3 is 15.0 Å². The Kier molecular flexibility index (Phi) is 9.37. The van der Waals surface area contributed by atoms with Gasteiger partial charge in [-0.25, -0.2) is 4.99 Å². The van der Waals surface area contributed by atoms with Crippen LogP contribution in [0.5, 0.6) is 0 Å². The number of carbonyl (C=O) groups excluding carboxylic acids is 3. The SMILES string of the molecule is C=C(C=CC#N)N=C(C)OC1CN(C(=O)C(NC(C)=O)C(C)(C)C)C(C(=O)C(C)C)C1C. The summed E-state index contributed by atoms with van der Waals surface area (Å²) in [5.41, 5.74) is -0.186. The second kappa shape index (κ2) is 11.1. The number of hydrogen-bond donors (Lipinski definition) is 1. The van der Waals surface area contributed by atoms with E-state index in [1.807, 2.05) is 33.8 Å². The number of ether oxygens (including phenoxy) is 1. The van der Waals surface area contributed by atoms with E-state index in [1.165, 1.54) is 19.1 Å². The molecule has 1 aliphatic rings. The Balaban J connectivity index is 3.25. The van der Waals surface area contributed by atoms with Gasteiger partial charge in [-0.2, -0.15) is 5.26 Å². The van der Waals surface area contributed by atoms with Gasteiger partial charge in [0.25, 0.3) is 0 Å². The summed E-state index contributed by atoms with van der Waals surface area (Å²) in [4.78, 5) is 44.2. The zero-order valence-electron chi connectivity index (χ0n) is 20.4. The van der Waals surface area contributed by atoms with Crippen molar-refractivity contribution in [2.75, 3.05) is 6.54 Å². The molecule has 0 aromatic rings. The zero-order valence-corrected chi connectivity index (χ0v) is 20.4. The van der Waals surface area contributed by atoms with Crippen LogP contribution in [0, 0.1) is 28.6 Å². The molecule has 0 radical (unpaired) electrons. The highest BCUT2D eigenvalue weighted by Crippen LogP contribution is 2.32. The third-order valence-electron chi connectivity index (χ3n) is 5.37. The van der Waals surface area contributed by atoms with Crippen LogP contribution in [0.2, 0.25) is 0 Å². The van der Waals surface area contributed by atoms with Crippen molar-refractivity contribution in [1.82, 2.24) is 10.2 Å². The fourth-order valence-corrected chi connectivity index (χ4v) is 3.72. The number of nitriles is 1. The molecular formula is C24H36N4O4. The standard InChI is InChI=1S/C24H36N4O4/c1-14(2)21(30)20-16(4)19(32-18(6)26-15(3)11-10-12-25)13-28(20)23(31)22(24(7,8)9)27-17(5)29/h10-11,14,16,19-20,22H,3,13H2,1-2,4-9H3,(H,27,29). The highest BCUT2D eigenvalue weighted by molar-refractivity contribution is 5.94. The highest BCUT2D eigenvalue weighted by atomic mass is 16.5. The van der Waals surface area contributed by atoms with E-state index in [0.717, 1.165) is 0 Å². The quantitative estimate of drug-likeness (QED) is 0.281. The number of rotatable bonds is 7. The van der Waals surface area contributed by atoms with Crippen molar-refractivity contribution in [3.8, 4) is 6.07 Å². The zero-order chi connectivity index (χ0) is 24.8. The van der Waals surface area contributed by atoms with E-state index in [-0.39, 0.29) is 36.0 Å². The molecule has 8 heteroatoms. The van der Waals surface area contributed by atoms with Gasteiger partial charge in [0.05, 0.1) is 24.4 Å². The van der Waals surface area contributed by atoms with Crippen molar-refractivity contribution in [3.05, 3.63) is 24.4 Å². The van der Waals surface area contributed by atoms with Crippen molar-refractivity contribution in [2.45, 2.75) is 73.6 Å². The summed E-state index contributed by atoms with van der Waals surface area (Å²) < 4.78 is 6.00. The van der Waals surface area contributed by atoms with Crippen molar-refractivity contribution in [2.24, 2.45) is 22.2 Å². The smallest absolute Gasteiger partial charge is 0.246 e. The third-order valence-corrected chi connectivity index (χ3v) is 5.37. The minimum atomic E-state index is -0.779. The normalized spacial score (nSPS) is 22.6. The van der Waals surface area contributed by atoms with Gasteiger partial charge in [-0.1, -0.05) is 48.1 Å². The fraction of sp³-hybridized carbons (Fsp3) is 0.625. The van der Waals surface area contributed by atoms with Gasteiger partial charge in [0, 0.05) is 31.8 Å². The average molecular weight is 445 g/mol. The van der Waals surface area contributed by atoms with Crippen LogP contribution < -0.4 is 5.32 Å². The van der Waals surface area contributed by atoms with Crippen LogP contribution in [0.15, 0.2) is 29.4 Å². The van der Waals surface area contributed by atoms with Gasteiger partial charge in [0.1, 0.15) is 12.1 Å². The minimum absolute atomic E-state index is 0.0524. The molecule has 176 valence electrons. The van der Waals surface area contributed by atoms with Gasteiger partial charge in [-0.05, 0) is 11.5 Å². The Hall–Kier alpha value is -2.95. The van der Waals surface area contributed by atoms with Gasteiger partial charge in [0.2, 0.25) is 11.8 Å². The molecule has 0 spiro atoms. The van der Waals surface area contributed by atoms with E-state index in [9.17, 15) is 14.4 Å². The number of hydrogen-bond acceptors (Lipinski definition) is 6. The molecule has 1 aliphatic heterocycles. The maximum Gasteiger partial charge on any atom is 0.246 e. The van der Waals surface area contributed by atoms with Crippen molar-refractivity contribution < 1.29 is 19.1 Å². The van der Waals surface area contributed by atoms with Gasteiger partial charge in [-0.3, -0.25) is 14.4 Å². The first-order valence-corrected chi connectivity index (χ1v) is 10.8. The van der Waals surface area contributed by atoms with Gasteiger partial charge >= 0.3 is 0 Å². The molecule has 0 aromatic carbocycles. The molecule has 1 heterocycles. The Bertz CT molecular complexity index is 845. The lowest BCUT2D eigenvalue weighted by Crippen LogP contribution is -2.57. The molecule has 2 amide bonds. The first kappa shape index (κ1) is 27.1. The van der Waals surface area contributed by atoms with Gasteiger partial charge in [-0.15, -0.1) is 0 Å². The average Bonchev–Trinajstić information content (AvgIpc) is 2.98. The number of carbonyl (C=O) groups is 3. The van der Waals surface area contributed by atoms with Crippen molar-refractivity contribution >= 4 is 23.5 Å². The maximum absolute atomic E-state index is 13.6. The molecule has 4 atom stereocenters. The molecule has 0 saturated carbocycles. The van der Waals surface area contributed by atoms with Crippen LogP contribution in [0.3, 0.4) is 0 Å². The number of nitrogens with zero attached hydrogens (tertiary/aromatic N) is 3. The molecule has 32 heavy (non-hydrogen) atoms. The summed E-state index contributed by atoms with van der Waals surface area (Å²) in [6.45, 7) is 18.1. The summed E-state index contributed by atoms with van der Waals surface area (Å²) >= 11 is 0. The molecule has 1 rings (SSSR count). The molecule has 1 saturated heterocycles. The predicted octanol–water partition coefficient (Wildman–Crippen LogP) is 3.01. The first-order chi connectivity index (χ1) is 14.7. The predicted molar refractivity (Wildman–Crippen MR) is 123 cm³/mol. The lowest BCUT2D eigenvalue weighted by molar-refractivity contribution is -0.144. The fourth-order valence-electron chi connectivity index (χ4n) is 3.72. The Morgan fingerprint density at radius 1 is 1.28 bits per heavy atom. The molecule has 1 N–H and O–H groups in total. The van der Waals surface area contributed by atoms with Gasteiger partial charge in [0.15, 0.2) is 11.7 Å². The molecule has 4 unspecified atom stereocenters. The number of amides is 2. The first-order valence-electron chi connectivity index (χ1n) is 10.8. The Labute approximate surface area is 191 Å². The number of Topliss-reactive ketones (excluding diaryl/α,β-unsaturated/α-hetero) is 1. The third kappa shape index (κ3) is 7.04. The lowest BCUT2D eigenvalue weighted by atomic mass is 9.85. The van der Waals surface area contributed by atoms with E-state index in [0.29, 0.717) is 11.6 Å². The van der Waals surface area contributed by atoms with E-state index < -0.39 is 23.6 Å². The largest absolute Gasteiger partial charge is 0.475 e. The van der Waals surface area contributed by atoms with Crippen LogP contribution in [0.25, 0.3) is 0 Å². The van der Waals surface area contributed by atoms with Crippen LogP contribution in [0.4, 0.5) is 0 Å². The number of aliphatic imine (C=N–C) groups is 1. The number of likely N-dealkylation sites (tertiary alicyclic amines) is 1. The molecular weight excluding hydrogens is 408 g/mol. The van der Waals surface area contributed by atoms with Crippen molar-refractivity contribution in [3.63, 3.8) is 0 Å². The second-order valence-corrected chi connectivity index (χ2v) is 9.59. The summed E-state index contributed by atoms with van der Waals surface area (Å²) in [6.07, 6.45) is 2.28. The molecule has 1 fully saturated rings. The van der Waals surface area contributed by atoms with E-state index >= 15 is 0 Å². The lowest BCUT2D eigenvalue weighted by Gasteiger charge is -2.36. The summed E-state index contributed by atoms with van der Waals surface area (Å²) in [5, 5.41) is 11.4. The molecule has 0 aromatic heterocycles. The number of allylic oxidation sites excluding steroid dienone is 2. The van der Waals surface area contributed by atoms with E-state index in [4.69, 9.17) is 10.00 Å². The molecule has 0 aliphatic carbocycles. The minimum Gasteiger partial charge on any atom is -0.475 e. The number of nitrogens with one attached hydrogen (secondary N) is 1. The van der Waals surface area contributed by atoms with Crippen LogP contribution >= 0.6 is 0 Å². The van der Waals surface area contributed by atoms with E-state index in [1.54, 1.807) is 25.7 Å². The van der Waals surface area contributed by atoms with Crippen LogP contribution in [0.1, 0.15) is 55.4 Å². The van der Waals surface area contributed by atoms with Crippen molar-refractivity contribution in [1.29, 1.82) is 5.26 Å². The topological polar surface area (TPSA) is 112 Å². The number of ketones is 1. The Morgan fingerprint density at radius 3 is 2.34 bits per heavy atom. The maximum atomic E-state index is 13.6. The Morgan fingerprint density at radius 2 is 1.88 bits per heavy atom. The molecule has 8 nitrogen and oxygen atoms in total.